The number of fused-ring (bicyclic) bond motifs is 3. The van der Waals surface area contributed by atoms with Gasteiger partial charge < -0.3 is 39.2 Å². The van der Waals surface area contributed by atoms with E-state index in [4.69, 9.17) is 28.7 Å². The normalized spacial score (nSPS) is 27.1. The first-order valence-electron chi connectivity index (χ1n) is 22.2. The van der Waals surface area contributed by atoms with Crippen LogP contribution in [-0.2, 0) is 33.9 Å². The second-order valence-electron chi connectivity index (χ2n) is 18.8. The van der Waals surface area contributed by atoms with E-state index in [1.165, 1.54) is 21.0 Å². The molecule has 21 heteroatoms. The van der Waals surface area contributed by atoms with Crippen molar-refractivity contribution in [1.82, 2.24) is 30.2 Å². The highest BCUT2D eigenvalue weighted by molar-refractivity contribution is 7.91. The molecule has 0 bridgehead atoms. The van der Waals surface area contributed by atoms with Crippen molar-refractivity contribution in [3.05, 3.63) is 54.7 Å². The minimum absolute atomic E-state index is 0.0484. The van der Waals surface area contributed by atoms with Crippen LogP contribution in [-0.4, -0.2) is 119 Å². The maximum Gasteiger partial charge on any atom is 0.427 e. The van der Waals surface area contributed by atoms with Gasteiger partial charge in [0.05, 0.1) is 54.3 Å². The maximum atomic E-state index is 14.9. The number of rotatable bonds is 11. The Balaban J connectivity index is 1.26. The van der Waals surface area contributed by atoms with Crippen LogP contribution in [0.4, 0.5) is 18.0 Å². The minimum atomic E-state index is -4.97. The highest BCUT2D eigenvalue weighted by Gasteiger charge is 2.63. The Labute approximate surface area is 386 Å². The molecule has 7 atom stereocenters. The zero-order valence-electron chi connectivity index (χ0n) is 38.6. The first-order chi connectivity index (χ1) is 31.3. The fourth-order valence-corrected chi connectivity index (χ4v) is 9.45. The van der Waals surface area contributed by atoms with E-state index in [1.54, 1.807) is 61.7 Å². The van der Waals surface area contributed by atoms with Gasteiger partial charge in [-0.25, -0.2) is 18.2 Å². The van der Waals surface area contributed by atoms with Gasteiger partial charge in [0.15, 0.2) is 0 Å². The molecular formula is C46H57F3N6O11S. The molecule has 4 heterocycles. The van der Waals surface area contributed by atoms with E-state index in [0.717, 1.165) is 4.90 Å². The summed E-state index contributed by atoms with van der Waals surface area (Å²) in [5.74, 6) is -2.16. The fourth-order valence-electron chi connectivity index (χ4n) is 8.13. The van der Waals surface area contributed by atoms with Crippen LogP contribution in [0.2, 0.25) is 0 Å². The first-order valence-corrected chi connectivity index (χ1v) is 23.7. The molecule has 2 aliphatic carbocycles. The lowest BCUT2D eigenvalue weighted by Gasteiger charge is -2.34. The van der Waals surface area contributed by atoms with Gasteiger partial charge in [-0.1, -0.05) is 12.2 Å². The van der Waals surface area contributed by atoms with Gasteiger partial charge in [0.2, 0.25) is 33.3 Å². The van der Waals surface area contributed by atoms with Crippen molar-refractivity contribution in [3.63, 3.8) is 0 Å². The summed E-state index contributed by atoms with van der Waals surface area (Å²) in [5, 5.41) is 6.24. The van der Waals surface area contributed by atoms with E-state index in [1.807, 2.05) is 13.8 Å². The molecule has 17 nitrogen and oxygen atoms in total. The second kappa shape index (κ2) is 18.4. The zero-order valence-corrected chi connectivity index (χ0v) is 39.4. The predicted octanol–water partition coefficient (Wildman–Crippen LogP) is 5.89. The SMILES string of the molecule is COc1ccc2c(O[C@@H]3C[C@H]4C(=O)N[C@]5(C(=O)NS(=O)(=O)C6(C)CC6)C[C@H]5/C=C\CC[C@@H](C)O[C@@H](C)[C@H](NC(=O)OC(C)(C)C(F)(F)F)C(=O)N4C3)nc(-c3ccc(OC(C)C)cn3)cc2c1. The number of nitrogens with one attached hydrogen (secondary N) is 3. The monoisotopic (exact) mass is 958 g/mol. The van der Waals surface area contributed by atoms with Crippen molar-refractivity contribution >= 4 is 44.6 Å². The lowest BCUT2D eigenvalue weighted by Crippen LogP contribution is -2.60. The summed E-state index contributed by atoms with van der Waals surface area (Å²) in [6.07, 6.45) is -2.99. The summed E-state index contributed by atoms with van der Waals surface area (Å²) in [4.78, 5) is 67.5. The summed E-state index contributed by atoms with van der Waals surface area (Å²) in [7, 11) is -2.61. The van der Waals surface area contributed by atoms with Gasteiger partial charge in [0.25, 0.3) is 5.91 Å². The van der Waals surface area contributed by atoms with E-state index in [9.17, 15) is 40.8 Å². The van der Waals surface area contributed by atoms with E-state index in [0.29, 0.717) is 73.2 Å². The number of benzene rings is 1. The molecule has 7 rings (SSSR count). The highest BCUT2D eigenvalue weighted by atomic mass is 32.2. The van der Waals surface area contributed by atoms with Crippen LogP contribution in [0.1, 0.15) is 87.0 Å². The largest absolute Gasteiger partial charge is 0.497 e. The third-order valence-electron chi connectivity index (χ3n) is 12.7. The molecule has 364 valence electrons. The van der Waals surface area contributed by atoms with Crippen molar-refractivity contribution in [2.45, 2.75) is 146 Å². The number of pyridine rings is 2. The first kappa shape index (κ1) is 49.2. The molecule has 1 saturated heterocycles. The number of hydrogen-bond donors (Lipinski definition) is 3. The van der Waals surface area contributed by atoms with E-state index >= 15 is 0 Å². The number of alkyl carbamates (subject to hydrolysis) is 1. The number of carbonyl (C=O) groups is 4. The van der Waals surface area contributed by atoms with E-state index < -0.39 is 92.2 Å². The Kier molecular flexibility index (Phi) is 13.5. The average Bonchev–Trinajstić information content (AvgIpc) is 4.13. The molecule has 2 saturated carbocycles. The molecule has 4 amide bonds. The smallest absolute Gasteiger partial charge is 0.427 e. The van der Waals surface area contributed by atoms with Crippen molar-refractivity contribution in [3.8, 4) is 28.8 Å². The molecule has 2 aromatic heterocycles. The summed E-state index contributed by atoms with van der Waals surface area (Å²) < 4.78 is 98.1. The van der Waals surface area contributed by atoms with Gasteiger partial charge in [-0.2, -0.15) is 13.2 Å². The predicted molar refractivity (Wildman–Crippen MR) is 237 cm³/mol. The van der Waals surface area contributed by atoms with Crippen LogP contribution < -0.4 is 29.6 Å². The zero-order chi connectivity index (χ0) is 48.9. The lowest BCUT2D eigenvalue weighted by atomic mass is 10.1. The number of allylic oxidation sites excluding steroid dienone is 1. The van der Waals surface area contributed by atoms with Gasteiger partial charge in [-0.15, -0.1) is 0 Å². The molecule has 3 N–H and O–H groups in total. The summed E-state index contributed by atoms with van der Waals surface area (Å²) in [5.41, 5.74) is -3.81. The van der Waals surface area contributed by atoms with Crippen LogP contribution >= 0.6 is 0 Å². The molecule has 67 heavy (non-hydrogen) atoms. The Hall–Kier alpha value is -5.70. The third kappa shape index (κ3) is 10.6. The third-order valence-corrected chi connectivity index (χ3v) is 14.9. The van der Waals surface area contributed by atoms with Gasteiger partial charge >= 0.3 is 12.3 Å². The number of methoxy groups -OCH3 is 1. The molecule has 3 aromatic rings. The molecule has 0 unspecified atom stereocenters. The summed E-state index contributed by atoms with van der Waals surface area (Å²) in [6, 6.07) is 7.33. The molecule has 0 radical (unpaired) electrons. The van der Waals surface area contributed by atoms with E-state index in [-0.39, 0.29) is 31.4 Å². The van der Waals surface area contributed by atoms with Crippen molar-refractivity contribution in [2.75, 3.05) is 13.7 Å². The van der Waals surface area contributed by atoms with E-state index in [2.05, 4.69) is 20.3 Å². The van der Waals surface area contributed by atoms with Crippen LogP contribution in [0.25, 0.3) is 22.2 Å². The number of carbonyl (C=O) groups excluding carboxylic acids is 4. The van der Waals surface area contributed by atoms with Gasteiger partial charge in [-0.3, -0.25) is 24.1 Å². The number of aromatic nitrogens is 2. The number of ether oxygens (including phenoxy) is 5. The van der Waals surface area contributed by atoms with Crippen LogP contribution in [0.3, 0.4) is 0 Å². The number of amides is 4. The van der Waals surface area contributed by atoms with Gasteiger partial charge in [-0.05, 0) is 122 Å². The maximum absolute atomic E-state index is 14.9. The van der Waals surface area contributed by atoms with Gasteiger partial charge in [0, 0.05) is 17.7 Å². The lowest BCUT2D eigenvalue weighted by molar-refractivity contribution is -0.244. The van der Waals surface area contributed by atoms with Crippen LogP contribution in [0.15, 0.2) is 54.7 Å². The Morgan fingerprint density at radius 1 is 1.04 bits per heavy atom. The molecule has 3 fully saturated rings. The number of hydrogen-bond acceptors (Lipinski definition) is 13. The highest BCUT2D eigenvalue weighted by Crippen LogP contribution is 2.48. The second-order valence-corrected chi connectivity index (χ2v) is 21.0. The van der Waals surface area contributed by atoms with Crippen molar-refractivity contribution in [1.29, 1.82) is 0 Å². The van der Waals surface area contributed by atoms with Crippen LogP contribution in [0, 0.1) is 5.92 Å². The molecule has 1 aromatic carbocycles. The van der Waals surface area contributed by atoms with Crippen molar-refractivity contribution < 1.29 is 64.5 Å². The Morgan fingerprint density at radius 3 is 2.40 bits per heavy atom. The topological polar surface area (TPSA) is 214 Å². The number of nitrogens with zero attached hydrogens (tertiary/aromatic N) is 3. The van der Waals surface area contributed by atoms with Gasteiger partial charge in [0.1, 0.15) is 35.2 Å². The molecule has 0 spiro atoms. The minimum Gasteiger partial charge on any atom is -0.497 e. The van der Waals surface area contributed by atoms with Crippen molar-refractivity contribution in [2.24, 2.45) is 5.92 Å². The summed E-state index contributed by atoms with van der Waals surface area (Å²) >= 11 is 0. The Morgan fingerprint density at radius 2 is 1.76 bits per heavy atom. The standard InChI is InChI=1S/C46H57F3N6O11S/c1-25(2)63-31-14-16-34(50-23-31)35-20-28-19-30(62-8)13-15-33(28)39(51-35)65-32-21-36-38(56)53-45(41(58)54-67(60,61)44(7)17-18-44)22-29(45)12-10-9-11-26(3)64-27(4)37(40(57)55(36)24-32)52-42(59)66-43(5,6)46(47,48)49/h10,12-16,19-20,23,25-27,29,32,36-37H,9,11,17-18,21-22,24H2,1-8H3,(H,52,59)(H,53,56)(H,54,58)/b12-10-/t26-,27+,29-,32-,36+,37+,45-/m1/s1. The number of alkyl halides is 3. The van der Waals surface area contributed by atoms with Crippen LogP contribution in [0.5, 0.6) is 17.4 Å². The summed E-state index contributed by atoms with van der Waals surface area (Å²) in [6.45, 7) is 9.47. The molecule has 2 aliphatic heterocycles. The average molecular weight is 959 g/mol. The fraction of sp³-hybridized carbons (Fsp3) is 0.565. The number of halogens is 3. The number of sulfonamides is 1. The molecule has 4 aliphatic rings. The molecular weight excluding hydrogens is 902 g/mol. The quantitative estimate of drug-likeness (QED) is 0.192. The Bertz CT molecular complexity index is 2540.